The molecular formula is C13H27N3O2S. The van der Waals surface area contributed by atoms with Gasteiger partial charge in [0.05, 0.1) is 0 Å². The van der Waals surface area contributed by atoms with Crippen LogP contribution in [0.15, 0.2) is 0 Å². The van der Waals surface area contributed by atoms with Gasteiger partial charge in [0.2, 0.25) is 0 Å². The van der Waals surface area contributed by atoms with Crippen molar-refractivity contribution in [3.8, 4) is 0 Å². The molecule has 0 aromatic heterocycles. The fraction of sp³-hybridized carbons (Fsp3) is 1.00. The Balaban J connectivity index is 2.13. The van der Waals surface area contributed by atoms with E-state index < -0.39 is 10.2 Å². The van der Waals surface area contributed by atoms with Crippen molar-refractivity contribution in [3.63, 3.8) is 0 Å². The van der Waals surface area contributed by atoms with Crippen LogP contribution in [0, 0.1) is 0 Å². The van der Waals surface area contributed by atoms with Gasteiger partial charge >= 0.3 is 0 Å². The quantitative estimate of drug-likeness (QED) is 0.852. The average molecular weight is 289 g/mol. The van der Waals surface area contributed by atoms with Gasteiger partial charge in [0.25, 0.3) is 10.2 Å². The van der Waals surface area contributed by atoms with Crippen molar-refractivity contribution in [1.29, 1.82) is 0 Å². The van der Waals surface area contributed by atoms with E-state index in [1.54, 1.807) is 15.7 Å². The van der Waals surface area contributed by atoms with Crippen LogP contribution in [0.5, 0.6) is 0 Å². The summed E-state index contributed by atoms with van der Waals surface area (Å²) in [6.45, 7) is 2.65. The van der Waals surface area contributed by atoms with Crippen LogP contribution in [0.3, 0.4) is 0 Å². The molecule has 2 fully saturated rings. The van der Waals surface area contributed by atoms with Gasteiger partial charge in [0.1, 0.15) is 0 Å². The van der Waals surface area contributed by atoms with Crippen molar-refractivity contribution in [2.45, 2.75) is 70.0 Å². The predicted molar refractivity (Wildman–Crippen MR) is 76.9 cm³/mol. The van der Waals surface area contributed by atoms with Crippen molar-refractivity contribution in [3.05, 3.63) is 0 Å². The molecule has 0 spiro atoms. The van der Waals surface area contributed by atoms with Gasteiger partial charge in [-0.1, -0.05) is 19.3 Å². The Kier molecular flexibility index (Phi) is 4.87. The third-order valence-electron chi connectivity index (χ3n) is 4.65. The Labute approximate surface area is 117 Å². The largest absolute Gasteiger partial charge is 0.326 e. The molecule has 0 bridgehead atoms. The smallest absolute Gasteiger partial charge is 0.282 e. The van der Waals surface area contributed by atoms with Gasteiger partial charge in [-0.3, -0.25) is 0 Å². The van der Waals surface area contributed by atoms with E-state index >= 15 is 0 Å². The van der Waals surface area contributed by atoms with Gasteiger partial charge in [-0.2, -0.15) is 17.0 Å². The topological polar surface area (TPSA) is 66.6 Å². The van der Waals surface area contributed by atoms with Crippen molar-refractivity contribution in [1.82, 2.24) is 8.61 Å². The Hall–Kier alpha value is -0.170. The van der Waals surface area contributed by atoms with Crippen molar-refractivity contribution < 1.29 is 8.42 Å². The van der Waals surface area contributed by atoms with E-state index in [4.69, 9.17) is 5.73 Å². The highest BCUT2D eigenvalue weighted by molar-refractivity contribution is 7.86. The Morgan fingerprint density at radius 1 is 1.11 bits per heavy atom. The second kappa shape index (κ2) is 6.08. The van der Waals surface area contributed by atoms with E-state index in [1.807, 2.05) is 6.92 Å². The maximum absolute atomic E-state index is 12.7. The maximum Gasteiger partial charge on any atom is 0.282 e. The zero-order chi connectivity index (χ0) is 14.0. The van der Waals surface area contributed by atoms with Crippen LogP contribution >= 0.6 is 0 Å². The summed E-state index contributed by atoms with van der Waals surface area (Å²) in [4.78, 5) is 0. The zero-order valence-electron chi connectivity index (χ0n) is 12.1. The molecule has 0 amide bonds. The van der Waals surface area contributed by atoms with Crippen LogP contribution in [-0.4, -0.2) is 48.7 Å². The number of rotatable bonds is 3. The molecule has 0 aromatic rings. The van der Waals surface area contributed by atoms with Crippen LogP contribution in [-0.2, 0) is 10.2 Å². The molecule has 1 saturated heterocycles. The molecule has 112 valence electrons. The second-order valence-corrected chi connectivity index (χ2v) is 7.94. The molecule has 3 unspecified atom stereocenters. The average Bonchev–Trinajstić information content (AvgIpc) is 2.39. The highest BCUT2D eigenvalue weighted by Gasteiger charge is 2.38. The number of nitrogens with two attached hydrogens (primary N) is 1. The lowest BCUT2D eigenvalue weighted by atomic mass is 9.91. The highest BCUT2D eigenvalue weighted by atomic mass is 32.2. The summed E-state index contributed by atoms with van der Waals surface area (Å²) >= 11 is 0. The lowest BCUT2D eigenvalue weighted by molar-refractivity contribution is 0.209. The van der Waals surface area contributed by atoms with E-state index in [0.717, 1.165) is 44.9 Å². The molecule has 1 heterocycles. The molecule has 1 saturated carbocycles. The summed E-state index contributed by atoms with van der Waals surface area (Å²) in [6.07, 6.45) is 7.07. The lowest BCUT2D eigenvalue weighted by Gasteiger charge is -2.40. The van der Waals surface area contributed by atoms with Gasteiger partial charge in [-0.05, 0) is 32.6 Å². The van der Waals surface area contributed by atoms with E-state index in [2.05, 4.69) is 0 Å². The number of hydrogen-bond donors (Lipinski definition) is 1. The summed E-state index contributed by atoms with van der Waals surface area (Å²) in [5, 5.41) is 0. The van der Waals surface area contributed by atoms with Crippen molar-refractivity contribution in [2.24, 2.45) is 5.73 Å². The minimum Gasteiger partial charge on any atom is -0.326 e. The van der Waals surface area contributed by atoms with E-state index in [-0.39, 0.29) is 18.1 Å². The van der Waals surface area contributed by atoms with E-state index in [0.29, 0.717) is 6.54 Å². The minimum atomic E-state index is -3.36. The van der Waals surface area contributed by atoms with Gasteiger partial charge in [-0.25, -0.2) is 0 Å². The molecule has 0 aromatic carbocycles. The number of likely N-dealkylation sites (N-methyl/N-ethyl adjacent to an activating group) is 1. The first-order chi connectivity index (χ1) is 8.94. The van der Waals surface area contributed by atoms with Crippen LogP contribution in [0.25, 0.3) is 0 Å². The first kappa shape index (κ1) is 15.2. The highest BCUT2D eigenvalue weighted by Crippen LogP contribution is 2.27. The minimum absolute atomic E-state index is 0.0198. The summed E-state index contributed by atoms with van der Waals surface area (Å²) < 4.78 is 28.7. The maximum atomic E-state index is 12.7. The van der Waals surface area contributed by atoms with Gasteiger partial charge < -0.3 is 5.73 Å². The van der Waals surface area contributed by atoms with Crippen molar-refractivity contribution >= 4 is 10.2 Å². The van der Waals surface area contributed by atoms with Gasteiger partial charge in [0, 0.05) is 31.7 Å². The first-order valence-corrected chi connectivity index (χ1v) is 8.84. The standard InChI is InChI=1S/C13H27N3O2S/c1-11-7-5-6-10-16(11)19(17,18)15(2)13-9-4-3-8-12(13)14/h11-13H,3-10,14H2,1-2H3. The monoisotopic (exact) mass is 289 g/mol. The molecule has 1 aliphatic heterocycles. The molecule has 2 rings (SSSR count). The fourth-order valence-electron chi connectivity index (χ4n) is 3.34. The number of hydrogen-bond acceptors (Lipinski definition) is 3. The molecule has 19 heavy (non-hydrogen) atoms. The predicted octanol–water partition coefficient (Wildman–Crippen LogP) is 1.31. The molecule has 5 nitrogen and oxygen atoms in total. The molecule has 0 radical (unpaired) electrons. The third-order valence-corrected chi connectivity index (χ3v) is 6.78. The summed E-state index contributed by atoms with van der Waals surface area (Å²) in [5.41, 5.74) is 6.12. The van der Waals surface area contributed by atoms with Crippen LogP contribution < -0.4 is 5.73 Å². The van der Waals surface area contributed by atoms with Gasteiger partial charge in [-0.15, -0.1) is 0 Å². The lowest BCUT2D eigenvalue weighted by Crippen LogP contribution is -2.56. The summed E-state index contributed by atoms with van der Waals surface area (Å²) in [5.74, 6) is 0. The molecular weight excluding hydrogens is 262 g/mol. The first-order valence-electron chi connectivity index (χ1n) is 7.45. The molecule has 3 atom stereocenters. The summed E-state index contributed by atoms with van der Waals surface area (Å²) in [7, 11) is -1.66. The Morgan fingerprint density at radius 3 is 2.37 bits per heavy atom. The fourth-order valence-corrected chi connectivity index (χ4v) is 5.20. The number of piperidine rings is 1. The normalized spacial score (nSPS) is 34.6. The molecule has 2 aliphatic rings. The van der Waals surface area contributed by atoms with Crippen molar-refractivity contribution in [2.75, 3.05) is 13.6 Å². The molecule has 6 heteroatoms. The number of nitrogens with zero attached hydrogens (tertiary/aromatic N) is 2. The Bertz CT molecular complexity index is 399. The summed E-state index contributed by atoms with van der Waals surface area (Å²) in [6, 6.07) is 0.0579. The van der Waals surface area contributed by atoms with Crippen LogP contribution in [0.4, 0.5) is 0 Å². The SMILES string of the molecule is CC1CCCCN1S(=O)(=O)N(C)C1CCCCC1N. The van der Waals surface area contributed by atoms with E-state index in [9.17, 15) is 8.42 Å². The second-order valence-electron chi connectivity index (χ2n) is 6.00. The third kappa shape index (κ3) is 3.12. The van der Waals surface area contributed by atoms with Crippen LogP contribution in [0.1, 0.15) is 51.9 Å². The molecule has 2 N–H and O–H groups in total. The van der Waals surface area contributed by atoms with Crippen LogP contribution in [0.2, 0.25) is 0 Å². The zero-order valence-corrected chi connectivity index (χ0v) is 12.9. The van der Waals surface area contributed by atoms with E-state index in [1.165, 1.54) is 0 Å². The Morgan fingerprint density at radius 2 is 1.74 bits per heavy atom. The molecule has 1 aliphatic carbocycles. The van der Waals surface area contributed by atoms with Gasteiger partial charge in [0.15, 0.2) is 0 Å².